The number of alkyl halides is 2. The van der Waals surface area contributed by atoms with E-state index in [2.05, 4.69) is 15.0 Å². The number of rotatable bonds is 4. The van der Waals surface area contributed by atoms with Gasteiger partial charge in [-0.2, -0.15) is 8.78 Å². The highest BCUT2D eigenvalue weighted by molar-refractivity contribution is 5.79. The second-order valence-electron chi connectivity index (χ2n) is 5.56. The van der Waals surface area contributed by atoms with Gasteiger partial charge in [0.2, 0.25) is 0 Å². The maximum absolute atomic E-state index is 13.0. The van der Waals surface area contributed by atoms with Crippen molar-refractivity contribution in [2.45, 2.75) is 49.8 Å². The molecule has 2 atom stereocenters. The smallest absolute Gasteiger partial charge is 0.377 e. The highest BCUT2D eigenvalue weighted by atomic mass is 19.3. The molecule has 18 heavy (non-hydrogen) atoms. The Labute approximate surface area is 105 Å². The van der Waals surface area contributed by atoms with E-state index in [-0.39, 0.29) is 0 Å². The minimum absolute atomic E-state index is 0.338. The van der Waals surface area contributed by atoms with E-state index in [1.165, 1.54) is 12.8 Å². The molecule has 1 saturated carbocycles. The standard InChI is InChI=1S/C12H18F2N2O2/c13-12(14)5-10(18-11(12)17)6-15-8-3-4-16(7-8)9-1-2-9/h8-10,15H,1-7H2. The quantitative estimate of drug-likeness (QED) is 0.758. The first kappa shape index (κ1) is 12.3. The van der Waals surface area contributed by atoms with Crippen molar-refractivity contribution in [2.75, 3.05) is 19.6 Å². The fraction of sp³-hybridized carbons (Fsp3) is 0.917. The largest absolute Gasteiger partial charge is 0.456 e. The number of carbonyl (C=O) groups is 1. The third kappa shape index (κ3) is 2.49. The van der Waals surface area contributed by atoms with E-state index in [1.54, 1.807) is 0 Å². The van der Waals surface area contributed by atoms with Gasteiger partial charge in [0.25, 0.3) is 0 Å². The van der Waals surface area contributed by atoms with Gasteiger partial charge >= 0.3 is 11.9 Å². The molecule has 2 aliphatic heterocycles. The molecule has 4 nitrogen and oxygen atoms in total. The molecule has 1 N–H and O–H groups in total. The van der Waals surface area contributed by atoms with Gasteiger partial charge in [-0.15, -0.1) is 0 Å². The van der Waals surface area contributed by atoms with Gasteiger partial charge in [-0.1, -0.05) is 0 Å². The number of carbonyl (C=O) groups excluding carboxylic acids is 1. The maximum Gasteiger partial charge on any atom is 0.377 e. The SMILES string of the molecule is O=C1OC(CNC2CCN(C3CC3)C2)CC1(F)F. The first-order chi connectivity index (χ1) is 8.54. The highest BCUT2D eigenvalue weighted by Gasteiger charge is 2.50. The third-order valence-electron chi connectivity index (χ3n) is 3.97. The van der Waals surface area contributed by atoms with Crippen molar-refractivity contribution in [1.29, 1.82) is 0 Å². The van der Waals surface area contributed by atoms with Crippen LogP contribution in [-0.2, 0) is 9.53 Å². The Balaban J connectivity index is 1.41. The van der Waals surface area contributed by atoms with Gasteiger partial charge < -0.3 is 10.1 Å². The van der Waals surface area contributed by atoms with Crippen LogP contribution >= 0.6 is 0 Å². The van der Waals surface area contributed by atoms with E-state index in [1.807, 2.05) is 0 Å². The summed E-state index contributed by atoms with van der Waals surface area (Å²) in [6.45, 7) is 2.41. The summed E-state index contributed by atoms with van der Waals surface area (Å²) < 4.78 is 30.6. The Bertz CT molecular complexity index is 347. The summed E-state index contributed by atoms with van der Waals surface area (Å²) in [7, 11) is 0. The van der Waals surface area contributed by atoms with Gasteiger partial charge in [-0.05, 0) is 19.3 Å². The average Bonchev–Trinajstić information content (AvgIpc) is 2.98. The fourth-order valence-electron chi connectivity index (χ4n) is 2.79. The number of nitrogens with one attached hydrogen (secondary N) is 1. The summed E-state index contributed by atoms with van der Waals surface area (Å²) in [5, 5.41) is 3.24. The Morgan fingerprint density at radius 2 is 2.17 bits per heavy atom. The number of nitrogens with zero attached hydrogens (tertiary/aromatic N) is 1. The van der Waals surface area contributed by atoms with Gasteiger partial charge in [-0.25, -0.2) is 4.79 Å². The number of hydrogen-bond donors (Lipinski definition) is 1. The van der Waals surface area contributed by atoms with Crippen molar-refractivity contribution < 1.29 is 18.3 Å². The van der Waals surface area contributed by atoms with E-state index in [0.29, 0.717) is 12.6 Å². The molecule has 102 valence electrons. The summed E-state index contributed by atoms with van der Waals surface area (Å²) in [5.74, 6) is -4.66. The number of ether oxygens (including phenoxy) is 1. The first-order valence-electron chi connectivity index (χ1n) is 6.61. The number of esters is 1. The molecule has 2 saturated heterocycles. The Morgan fingerprint density at radius 1 is 1.39 bits per heavy atom. The van der Waals surface area contributed by atoms with Crippen molar-refractivity contribution in [2.24, 2.45) is 0 Å². The van der Waals surface area contributed by atoms with Crippen LogP contribution in [0, 0.1) is 0 Å². The second kappa shape index (κ2) is 4.42. The summed E-state index contributed by atoms with van der Waals surface area (Å²) in [5.41, 5.74) is 0. The summed E-state index contributed by atoms with van der Waals surface area (Å²) in [6, 6.07) is 1.10. The Kier molecular flexibility index (Phi) is 3.02. The van der Waals surface area contributed by atoms with Crippen molar-refractivity contribution in [3.8, 4) is 0 Å². The highest BCUT2D eigenvalue weighted by Crippen LogP contribution is 2.31. The van der Waals surface area contributed by atoms with Gasteiger partial charge in [-0.3, -0.25) is 4.90 Å². The summed E-state index contributed by atoms with van der Waals surface area (Å²) in [6.07, 6.45) is 2.46. The molecule has 0 amide bonds. The molecule has 1 aliphatic carbocycles. The first-order valence-corrected chi connectivity index (χ1v) is 6.61. The van der Waals surface area contributed by atoms with Gasteiger partial charge in [0.15, 0.2) is 0 Å². The van der Waals surface area contributed by atoms with E-state index in [4.69, 9.17) is 0 Å². The molecule has 0 bridgehead atoms. The molecule has 0 aromatic carbocycles. The van der Waals surface area contributed by atoms with Crippen LogP contribution in [0.15, 0.2) is 0 Å². The zero-order valence-electron chi connectivity index (χ0n) is 10.2. The lowest BCUT2D eigenvalue weighted by molar-refractivity contribution is -0.159. The van der Waals surface area contributed by atoms with Gasteiger partial charge in [0, 0.05) is 31.7 Å². The van der Waals surface area contributed by atoms with Crippen molar-refractivity contribution in [3.05, 3.63) is 0 Å². The van der Waals surface area contributed by atoms with Crippen LogP contribution in [0.2, 0.25) is 0 Å². The maximum atomic E-state index is 13.0. The fourth-order valence-corrected chi connectivity index (χ4v) is 2.79. The predicted octanol–water partition coefficient (Wildman–Crippen LogP) is 0.763. The van der Waals surface area contributed by atoms with Crippen LogP contribution in [-0.4, -0.2) is 54.6 Å². The average molecular weight is 260 g/mol. The molecule has 0 aromatic rings. The van der Waals surface area contributed by atoms with E-state index < -0.39 is 24.4 Å². The predicted molar refractivity (Wildman–Crippen MR) is 60.4 cm³/mol. The van der Waals surface area contributed by atoms with Crippen LogP contribution in [0.5, 0.6) is 0 Å². The minimum Gasteiger partial charge on any atom is -0.456 e. The molecule has 2 unspecified atom stereocenters. The minimum atomic E-state index is -3.29. The monoisotopic (exact) mass is 260 g/mol. The van der Waals surface area contributed by atoms with Gasteiger partial charge in [0.1, 0.15) is 6.10 Å². The van der Waals surface area contributed by atoms with Crippen LogP contribution in [0.4, 0.5) is 8.78 Å². The zero-order chi connectivity index (χ0) is 12.8. The Hall–Kier alpha value is -0.750. The molecule has 3 fully saturated rings. The van der Waals surface area contributed by atoms with Crippen LogP contribution in [0.1, 0.15) is 25.7 Å². The van der Waals surface area contributed by atoms with Crippen molar-refractivity contribution in [3.63, 3.8) is 0 Å². The summed E-state index contributed by atoms with van der Waals surface area (Å²) in [4.78, 5) is 13.3. The molecule has 2 heterocycles. The molecule has 0 radical (unpaired) electrons. The molecule has 0 aromatic heterocycles. The number of halogens is 2. The molecule has 0 spiro atoms. The van der Waals surface area contributed by atoms with Crippen molar-refractivity contribution >= 4 is 5.97 Å². The topological polar surface area (TPSA) is 41.6 Å². The summed E-state index contributed by atoms with van der Waals surface area (Å²) >= 11 is 0. The molecule has 3 aliphatic rings. The second-order valence-corrected chi connectivity index (χ2v) is 5.56. The van der Waals surface area contributed by atoms with Gasteiger partial charge in [0.05, 0.1) is 6.42 Å². The molecular formula is C12H18F2N2O2. The lowest BCUT2D eigenvalue weighted by Gasteiger charge is -2.17. The Morgan fingerprint density at radius 3 is 2.78 bits per heavy atom. The molecular weight excluding hydrogens is 242 g/mol. The number of likely N-dealkylation sites (tertiary alicyclic amines) is 1. The normalized spacial score (nSPS) is 36.0. The third-order valence-corrected chi connectivity index (χ3v) is 3.97. The molecule has 6 heteroatoms. The van der Waals surface area contributed by atoms with E-state index >= 15 is 0 Å². The zero-order valence-corrected chi connectivity index (χ0v) is 10.2. The lowest BCUT2D eigenvalue weighted by atomic mass is 10.2. The van der Waals surface area contributed by atoms with Crippen LogP contribution < -0.4 is 5.32 Å². The van der Waals surface area contributed by atoms with Crippen molar-refractivity contribution in [1.82, 2.24) is 10.2 Å². The number of hydrogen-bond acceptors (Lipinski definition) is 4. The van der Waals surface area contributed by atoms with Crippen LogP contribution in [0.25, 0.3) is 0 Å². The van der Waals surface area contributed by atoms with E-state index in [9.17, 15) is 13.6 Å². The van der Waals surface area contributed by atoms with Crippen LogP contribution in [0.3, 0.4) is 0 Å². The van der Waals surface area contributed by atoms with E-state index in [0.717, 1.165) is 25.6 Å². The molecule has 3 rings (SSSR count). The lowest BCUT2D eigenvalue weighted by Crippen LogP contribution is -2.38. The number of cyclic esters (lactones) is 1.